The highest BCUT2D eigenvalue weighted by Crippen LogP contribution is 2.26. The standard InChI is InChI=1S/C10H10N2O4/c13-7-2-1-5(4-8(7)14)3-6-9(15)12-10(16)11-6/h1-2,4,13-15H,3H2,(H2,11,12,16). The van der Waals surface area contributed by atoms with Crippen molar-refractivity contribution in [2.75, 3.05) is 0 Å². The van der Waals surface area contributed by atoms with Crippen LogP contribution in [0.15, 0.2) is 23.0 Å². The Balaban J connectivity index is 2.30. The third-order valence-electron chi connectivity index (χ3n) is 2.20. The number of phenols is 2. The van der Waals surface area contributed by atoms with Gasteiger partial charge in [-0.05, 0) is 17.7 Å². The van der Waals surface area contributed by atoms with Crippen molar-refractivity contribution in [3.8, 4) is 17.4 Å². The molecule has 5 N–H and O–H groups in total. The van der Waals surface area contributed by atoms with E-state index in [1.165, 1.54) is 12.1 Å². The van der Waals surface area contributed by atoms with Gasteiger partial charge in [-0.25, -0.2) is 4.79 Å². The fraction of sp³-hybridized carbons (Fsp3) is 0.100. The summed E-state index contributed by atoms with van der Waals surface area (Å²) in [7, 11) is 0. The molecule has 0 fully saturated rings. The highest BCUT2D eigenvalue weighted by atomic mass is 16.3. The second-order valence-electron chi connectivity index (χ2n) is 3.41. The molecule has 0 radical (unpaired) electrons. The number of hydrogen-bond acceptors (Lipinski definition) is 4. The largest absolute Gasteiger partial charge is 0.504 e. The van der Waals surface area contributed by atoms with Crippen LogP contribution < -0.4 is 5.69 Å². The number of benzene rings is 1. The lowest BCUT2D eigenvalue weighted by Gasteiger charge is -2.02. The minimum atomic E-state index is -0.490. The van der Waals surface area contributed by atoms with Crippen molar-refractivity contribution in [2.45, 2.75) is 6.42 Å². The zero-order chi connectivity index (χ0) is 11.7. The van der Waals surface area contributed by atoms with E-state index in [0.29, 0.717) is 11.3 Å². The Bertz CT molecular complexity index is 570. The second-order valence-corrected chi connectivity index (χ2v) is 3.41. The van der Waals surface area contributed by atoms with Crippen LogP contribution in [0.25, 0.3) is 0 Å². The van der Waals surface area contributed by atoms with Gasteiger partial charge in [0.2, 0.25) is 5.88 Å². The third-order valence-corrected chi connectivity index (χ3v) is 2.20. The molecule has 0 saturated carbocycles. The maximum absolute atomic E-state index is 10.9. The summed E-state index contributed by atoms with van der Waals surface area (Å²) in [6.45, 7) is 0. The third kappa shape index (κ3) is 1.85. The fourth-order valence-electron chi connectivity index (χ4n) is 1.42. The fourth-order valence-corrected chi connectivity index (χ4v) is 1.42. The number of imidazole rings is 1. The number of H-pyrrole nitrogens is 2. The maximum atomic E-state index is 10.9. The van der Waals surface area contributed by atoms with Crippen molar-refractivity contribution >= 4 is 0 Å². The molecule has 0 unspecified atom stereocenters. The van der Waals surface area contributed by atoms with Gasteiger partial charge in [0.15, 0.2) is 11.5 Å². The molecule has 0 amide bonds. The maximum Gasteiger partial charge on any atom is 0.325 e. The topological polar surface area (TPSA) is 109 Å². The van der Waals surface area contributed by atoms with Crippen molar-refractivity contribution in [3.05, 3.63) is 39.9 Å². The average molecular weight is 222 g/mol. The highest BCUT2D eigenvalue weighted by Gasteiger charge is 2.08. The van der Waals surface area contributed by atoms with Crippen molar-refractivity contribution < 1.29 is 15.3 Å². The van der Waals surface area contributed by atoms with Gasteiger partial charge in [0.25, 0.3) is 0 Å². The van der Waals surface area contributed by atoms with Gasteiger partial charge in [-0.2, -0.15) is 0 Å². The van der Waals surface area contributed by atoms with Crippen molar-refractivity contribution in [2.24, 2.45) is 0 Å². The van der Waals surface area contributed by atoms with Crippen molar-refractivity contribution in [1.82, 2.24) is 9.97 Å². The van der Waals surface area contributed by atoms with Gasteiger partial charge in [-0.1, -0.05) is 6.07 Å². The number of hydrogen-bond donors (Lipinski definition) is 5. The number of aromatic hydroxyl groups is 3. The summed E-state index contributed by atoms with van der Waals surface area (Å²) in [6.07, 6.45) is 0.248. The molecular weight excluding hydrogens is 212 g/mol. The minimum absolute atomic E-state index is 0.212. The molecule has 84 valence electrons. The first kappa shape index (κ1) is 10.2. The molecule has 0 atom stereocenters. The SMILES string of the molecule is O=c1[nH]c(O)c(Cc2ccc(O)c(O)c2)[nH]1. The zero-order valence-electron chi connectivity index (χ0n) is 8.19. The molecule has 1 aromatic carbocycles. The van der Waals surface area contributed by atoms with Crippen LogP contribution in [-0.4, -0.2) is 25.3 Å². The number of aromatic nitrogens is 2. The molecule has 6 nitrogen and oxygen atoms in total. The predicted molar refractivity (Wildman–Crippen MR) is 55.7 cm³/mol. The van der Waals surface area contributed by atoms with E-state index >= 15 is 0 Å². The Morgan fingerprint density at radius 1 is 1.06 bits per heavy atom. The van der Waals surface area contributed by atoms with Gasteiger partial charge >= 0.3 is 5.69 Å². The summed E-state index contributed by atoms with van der Waals surface area (Å²) in [5.41, 5.74) is 0.492. The lowest BCUT2D eigenvalue weighted by molar-refractivity contribution is 0.403. The minimum Gasteiger partial charge on any atom is -0.504 e. The van der Waals surface area contributed by atoms with Crippen molar-refractivity contribution in [3.63, 3.8) is 0 Å². The quantitative estimate of drug-likeness (QED) is 0.474. The van der Waals surface area contributed by atoms with Gasteiger partial charge < -0.3 is 20.3 Å². The summed E-state index contributed by atoms with van der Waals surface area (Å²) in [4.78, 5) is 15.5. The summed E-state index contributed by atoms with van der Waals surface area (Å²) in [5, 5.41) is 27.7. The Hall–Kier alpha value is -2.37. The van der Waals surface area contributed by atoms with E-state index in [9.17, 15) is 15.0 Å². The van der Waals surface area contributed by atoms with Crippen LogP contribution in [0.3, 0.4) is 0 Å². The summed E-state index contributed by atoms with van der Waals surface area (Å²) in [5.74, 6) is -0.678. The molecule has 16 heavy (non-hydrogen) atoms. The van der Waals surface area contributed by atoms with Crippen LogP contribution in [0.1, 0.15) is 11.3 Å². The van der Waals surface area contributed by atoms with Gasteiger partial charge in [-0.15, -0.1) is 0 Å². The van der Waals surface area contributed by atoms with Crippen LogP contribution in [0.2, 0.25) is 0 Å². The van der Waals surface area contributed by atoms with E-state index in [0.717, 1.165) is 0 Å². The Labute approximate surface area is 89.8 Å². The molecule has 0 spiro atoms. The van der Waals surface area contributed by atoms with Crippen LogP contribution in [0.4, 0.5) is 0 Å². The van der Waals surface area contributed by atoms with Gasteiger partial charge in [0, 0.05) is 6.42 Å². The summed E-state index contributed by atoms with van der Waals surface area (Å²) < 4.78 is 0. The molecule has 0 saturated heterocycles. The van der Waals surface area contributed by atoms with E-state index in [-0.39, 0.29) is 23.8 Å². The Morgan fingerprint density at radius 3 is 2.38 bits per heavy atom. The van der Waals surface area contributed by atoms with Crippen LogP contribution >= 0.6 is 0 Å². The first-order chi connectivity index (χ1) is 7.56. The first-order valence-corrected chi connectivity index (χ1v) is 4.57. The predicted octanol–water partition coefficient (Wildman–Crippen LogP) is 0.411. The summed E-state index contributed by atoms with van der Waals surface area (Å²) in [6, 6.07) is 4.28. The number of nitrogens with one attached hydrogen (secondary N) is 2. The van der Waals surface area contributed by atoms with Gasteiger partial charge in [0.1, 0.15) is 0 Å². The molecule has 2 aromatic rings. The zero-order valence-corrected chi connectivity index (χ0v) is 8.19. The normalized spacial score (nSPS) is 10.5. The smallest absolute Gasteiger partial charge is 0.325 e. The number of phenolic OH excluding ortho intramolecular Hbond substituents is 2. The lowest BCUT2D eigenvalue weighted by atomic mass is 10.1. The van der Waals surface area contributed by atoms with Crippen molar-refractivity contribution in [1.29, 1.82) is 0 Å². The van der Waals surface area contributed by atoms with E-state index in [1.807, 2.05) is 0 Å². The van der Waals surface area contributed by atoms with Gasteiger partial charge in [0.05, 0.1) is 5.69 Å². The monoisotopic (exact) mass is 222 g/mol. The number of rotatable bonds is 2. The second kappa shape index (κ2) is 3.65. The Kier molecular flexibility index (Phi) is 2.32. The van der Waals surface area contributed by atoms with E-state index < -0.39 is 5.69 Å². The molecular formula is C10H10N2O4. The van der Waals surface area contributed by atoms with Crippen LogP contribution in [-0.2, 0) is 6.42 Å². The molecule has 1 heterocycles. The highest BCUT2D eigenvalue weighted by molar-refractivity contribution is 5.42. The molecule has 0 bridgehead atoms. The molecule has 0 aliphatic carbocycles. The van der Waals surface area contributed by atoms with E-state index in [1.54, 1.807) is 6.07 Å². The molecule has 1 aromatic heterocycles. The molecule has 0 aliphatic rings. The molecule has 6 heteroatoms. The summed E-state index contributed by atoms with van der Waals surface area (Å²) >= 11 is 0. The van der Waals surface area contributed by atoms with E-state index in [2.05, 4.69) is 9.97 Å². The lowest BCUT2D eigenvalue weighted by Crippen LogP contribution is -2.01. The molecule has 0 aliphatic heterocycles. The number of aromatic amines is 2. The van der Waals surface area contributed by atoms with Crippen LogP contribution in [0, 0.1) is 0 Å². The molecule has 2 rings (SSSR count). The van der Waals surface area contributed by atoms with Crippen LogP contribution in [0.5, 0.6) is 17.4 Å². The average Bonchev–Trinajstić information content (AvgIpc) is 2.51. The van der Waals surface area contributed by atoms with Gasteiger partial charge in [-0.3, -0.25) is 4.98 Å². The van der Waals surface area contributed by atoms with E-state index in [4.69, 9.17) is 5.11 Å². The first-order valence-electron chi connectivity index (χ1n) is 4.57. The Morgan fingerprint density at radius 2 is 1.81 bits per heavy atom.